The Bertz CT molecular complexity index is 246. The van der Waals surface area contributed by atoms with Crippen molar-refractivity contribution in [3.8, 4) is 0 Å². The fraction of sp³-hybridized carbons (Fsp3) is 1.00. The van der Waals surface area contributed by atoms with E-state index in [4.69, 9.17) is 4.74 Å². The van der Waals surface area contributed by atoms with Crippen LogP contribution in [0.2, 0.25) is 0 Å². The lowest BCUT2D eigenvalue weighted by Crippen LogP contribution is -2.35. The fourth-order valence-electron chi connectivity index (χ4n) is 5.02. The Morgan fingerprint density at radius 3 is 1.60 bits per heavy atom. The minimum absolute atomic E-state index is 0.610. The quantitative estimate of drug-likeness (QED) is 0.654. The van der Waals surface area contributed by atoms with Crippen molar-refractivity contribution in [3.63, 3.8) is 0 Å². The van der Waals surface area contributed by atoms with Crippen LogP contribution in [0.15, 0.2) is 0 Å². The van der Waals surface area contributed by atoms with E-state index in [1.165, 1.54) is 64.2 Å². The number of hydrogen-bond donors (Lipinski definition) is 0. The van der Waals surface area contributed by atoms with E-state index < -0.39 is 0 Å². The first kappa shape index (κ1) is 14.9. The predicted molar refractivity (Wildman–Crippen MR) is 84.7 cm³/mol. The lowest BCUT2D eigenvalue weighted by molar-refractivity contribution is -0.0569. The highest BCUT2D eigenvalue weighted by molar-refractivity contribution is 4.85. The Morgan fingerprint density at radius 1 is 0.550 bits per heavy atom. The van der Waals surface area contributed by atoms with Crippen molar-refractivity contribution < 1.29 is 4.74 Å². The van der Waals surface area contributed by atoms with Crippen LogP contribution >= 0.6 is 0 Å². The fourth-order valence-corrected chi connectivity index (χ4v) is 5.02. The van der Waals surface area contributed by atoms with Crippen LogP contribution in [0.1, 0.15) is 78.1 Å². The maximum Gasteiger partial charge on any atom is 0.0603 e. The molecule has 2 saturated carbocycles. The molecule has 0 radical (unpaired) electrons. The van der Waals surface area contributed by atoms with Gasteiger partial charge in [0.05, 0.1) is 6.10 Å². The monoisotopic (exact) mass is 278 g/mol. The van der Waals surface area contributed by atoms with Gasteiger partial charge in [-0.3, -0.25) is 0 Å². The maximum absolute atomic E-state index is 6.12. The molecule has 0 amide bonds. The van der Waals surface area contributed by atoms with Crippen molar-refractivity contribution in [2.24, 2.45) is 29.6 Å². The van der Waals surface area contributed by atoms with Gasteiger partial charge in [0.25, 0.3) is 0 Å². The molecule has 0 N–H and O–H groups in total. The van der Waals surface area contributed by atoms with Gasteiger partial charge in [0, 0.05) is 6.61 Å². The summed E-state index contributed by atoms with van der Waals surface area (Å²) in [6.07, 6.45) is 15.3. The van der Waals surface area contributed by atoms with E-state index in [2.05, 4.69) is 13.8 Å². The Balaban J connectivity index is 1.42. The van der Waals surface area contributed by atoms with E-state index in [0.717, 1.165) is 36.2 Å². The largest absolute Gasteiger partial charge is 0.378 e. The zero-order valence-corrected chi connectivity index (χ0v) is 13.7. The highest BCUT2D eigenvalue weighted by atomic mass is 16.5. The summed E-state index contributed by atoms with van der Waals surface area (Å²) < 4.78 is 6.12. The second-order valence-electron chi connectivity index (χ2n) is 8.25. The summed E-state index contributed by atoms with van der Waals surface area (Å²) in [6.45, 7) is 5.79. The first-order valence-corrected chi connectivity index (χ1v) is 9.34. The third-order valence-electron chi connectivity index (χ3n) is 6.61. The lowest BCUT2D eigenvalue weighted by Gasteiger charge is -2.40. The first-order chi connectivity index (χ1) is 9.72. The molecule has 1 heteroatoms. The molecular formula is C19H34O. The van der Waals surface area contributed by atoms with Crippen LogP contribution in [0.3, 0.4) is 0 Å². The van der Waals surface area contributed by atoms with Gasteiger partial charge in [0.2, 0.25) is 0 Å². The van der Waals surface area contributed by atoms with Crippen molar-refractivity contribution in [1.29, 1.82) is 0 Å². The van der Waals surface area contributed by atoms with E-state index in [-0.39, 0.29) is 0 Å². The van der Waals surface area contributed by atoms with E-state index in [0.29, 0.717) is 6.10 Å². The van der Waals surface area contributed by atoms with Gasteiger partial charge in [-0.1, -0.05) is 26.7 Å². The van der Waals surface area contributed by atoms with Crippen molar-refractivity contribution in [3.05, 3.63) is 0 Å². The molecule has 1 saturated heterocycles. The standard InChI is InChI=1S/C19H34O/c1-14-3-6-16(7-4-14)17-8-10-18(11-9-17)19-12-5-15(2)13-20-19/h14-19H,3-13H2,1-2H3/t14?,15?,16?,17?,18?,19-/m0/s1. The SMILES string of the molecule is CC1CCC(C2CCC([C@@H]3CCC(C)CO3)CC2)CC1. The van der Waals surface area contributed by atoms with Crippen molar-refractivity contribution in [2.45, 2.75) is 84.2 Å². The molecule has 1 nitrogen and oxygen atoms in total. The smallest absolute Gasteiger partial charge is 0.0603 e. The molecule has 20 heavy (non-hydrogen) atoms. The average Bonchev–Trinajstić information content (AvgIpc) is 2.49. The second kappa shape index (κ2) is 6.81. The number of ether oxygens (including phenoxy) is 1. The Hall–Kier alpha value is -0.0400. The number of hydrogen-bond acceptors (Lipinski definition) is 1. The summed E-state index contributed by atoms with van der Waals surface area (Å²) in [6, 6.07) is 0. The van der Waals surface area contributed by atoms with Crippen molar-refractivity contribution >= 4 is 0 Å². The molecule has 1 unspecified atom stereocenters. The molecule has 2 aliphatic carbocycles. The summed E-state index contributed by atoms with van der Waals surface area (Å²) in [5.41, 5.74) is 0. The zero-order valence-electron chi connectivity index (χ0n) is 13.7. The average molecular weight is 278 g/mol. The first-order valence-electron chi connectivity index (χ1n) is 9.34. The number of rotatable bonds is 2. The molecule has 0 aromatic carbocycles. The van der Waals surface area contributed by atoms with Gasteiger partial charge in [-0.05, 0) is 81.0 Å². The third kappa shape index (κ3) is 3.59. The maximum atomic E-state index is 6.12. The van der Waals surface area contributed by atoms with Gasteiger partial charge in [0.15, 0.2) is 0 Å². The van der Waals surface area contributed by atoms with Gasteiger partial charge >= 0.3 is 0 Å². The summed E-state index contributed by atoms with van der Waals surface area (Å²) in [5.74, 6) is 4.81. The molecule has 0 aromatic heterocycles. The summed E-state index contributed by atoms with van der Waals surface area (Å²) in [7, 11) is 0. The van der Waals surface area contributed by atoms with Gasteiger partial charge < -0.3 is 4.74 Å². The molecule has 0 bridgehead atoms. The molecular weight excluding hydrogens is 244 g/mol. The van der Waals surface area contributed by atoms with Gasteiger partial charge in [-0.25, -0.2) is 0 Å². The molecule has 3 rings (SSSR count). The highest BCUT2D eigenvalue weighted by Crippen LogP contribution is 2.43. The van der Waals surface area contributed by atoms with Crippen LogP contribution in [-0.4, -0.2) is 12.7 Å². The van der Waals surface area contributed by atoms with Crippen LogP contribution in [0.25, 0.3) is 0 Å². The Kier molecular flexibility index (Phi) is 5.07. The zero-order chi connectivity index (χ0) is 13.9. The molecule has 2 atom stereocenters. The topological polar surface area (TPSA) is 9.23 Å². The third-order valence-corrected chi connectivity index (χ3v) is 6.61. The van der Waals surface area contributed by atoms with Crippen LogP contribution in [-0.2, 0) is 4.74 Å². The van der Waals surface area contributed by atoms with Gasteiger partial charge in [-0.2, -0.15) is 0 Å². The Labute approximate surface area is 125 Å². The lowest BCUT2D eigenvalue weighted by atomic mass is 9.68. The van der Waals surface area contributed by atoms with Crippen LogP contribution in [0.5, 0.6) is 0 Å². The molecule has 116 valence electrons. The summed E-state index contributed by atoms with van der Waals surface area (Å²) in [5, 5.41) is 0. The minimum Gasteiger partial charge on any atom is -0.378 e. The molecule has 1 heterocycles. The van der Waals surface area contributed by atoms with Crippen LogP contribution in [0, 0.1) is 29.6 Å². The van der Waals surface area contributed by atoms with Crippen LogP contribution in [0.4, 0.5) is 0 Å². The van der Waals surface area contributed by atoms with Crippen molar-refractivity contribution in [1.82, 2.24) is 0 Å². The van der Waals surface area contributed by atoms with Gasteiger partial charge in [-0.15, -0.1) is 0 Å². The van der Waals surface area contributed by atoms with E-state index in [9.17, 15) is 0 Å². The van der Waals surface area contributed by atoms with E-state index >= 15 is 0 Å². The summed E-state index contributed by atoms with van der Waals surface area (Å²) in [4.78, 5) is 0. The van der Waals surface area contributed by atoms with Gasteiger partial charge in [0.1, 0.15) is 0 Å². The molecule has 0 aromatic rings. The highest BCUT2D eigenvalue weighted by Gasteiger charge is 2.34. The Morgan fingerprint density at radius 2 is 1.05 bits per heavy atom. The minimum atomic E-state index is 0.610. The normalized spacial score (nSPS) is 47.1. The molecule has 1 aliphatic heterocycles. The molecule has 0 spiro atoms. The van der Waals surface area contributed by atoms with Crippen molar-refractivity contribution in [2.75, 3.05) is 6.61 Å². The van der Waals surface area contributed by atoms with E-state index in [1.807, 2.05) is 0 Å². The second-order valence-corrected chi connectivity index (χ2v) is 8.25. The van der Waals surface area contributed by atoms with Crippen LogP contribution < -0.4 is 0 Å². The predicted octanol–water partition coefficient (Wildman–Crippen LogP) is 5.43. The molecule has 3 aliphatic rings. The van der Waals surface area contributed by atoms with E-state index in [1.54, 1.807) is 0 Å². The molecule has 3 fully saturated rings. The summed E-state index contributed by atoms with van der Waals surface area (Å²) >= 11 is 0.